The van der Waals surface area contributed by atoms with Gasteiger partial charge in [0.1, 0.15) is 17.9 Å². The molecular weight excluding hydrogens is 468 g/mol. The van der Waals surface area contributed by atoms with Crippen molar-refractivity contribution in [2.45, 2.75) is 20.5 Å². The van der Waals surface area contributed by atoms with Crippen LogP contribution in [0.15, 0.2) is 58.5 Å². The minimum absolute atomic E-state index is 0.0438. The minimum Gasteiger partial charge on any atom is -0.493 e. The molecule has 10 nitrogen and oxygen atoms in total. The summed E-state index contributed by atoms with van der Waals surface area (Å²) < 4.78 is 16.2. The third kappa shape index (κ3) is 4.69. The summed E-state index contributed by atoms with van der Waals surface area (Å²) in [5, 5.41) is 11.2. The molecule has 1 saturated heterocycles. The van der Waals surface area contributed by atoms with Gasteiger partial charge in [0.05, 0.1) is 12.8 Å². The Morgan fingerprint density at radius 3 is 2.56 bits per heavy atom. The lowest BCUT2D eigenvalue weighted by Gasteiger charge is -2.28. The number of furan rings is 1. The first-order valence-electron chi connectivity index (χ1n) is 10.8. The Balaban J connectivity index is 1.59. The lowest BCUT2D eigenvalue weighted by atomic mass is 10.0. The molecule has 0 radical (unpaired) electrons. The van der Waals surface area contributed by atoms with Crippen LogP contribution in [0.2, 0.25) is 0 Å². The van der Waals surface area contributed by atoms with Crippen molar-refractivity contribution in [1.29, 1.82) is 0 Å². The first kappa shape index (κ1) is 24.3. The molecule has 2 heterocycles. The van der Waals surface area contributed by atoms with Crippen LogP contribution >= 0.6 is 0 Å². The van der Waals surface area contributed by atoms with E-state index in [0.29, 0.717) is 28.5 Å². The number of urea groups is 1. The third-order valence-electron chi connectivity index (χ3n) is 5.66. The second-order valence-electron chi connectivity index (χ2n) is 7.95. The van der Waals surface area contributed by atoms with Crippen molar-refractivity contribution < 1.29 is 38.2 Å². The van der Waals surface area contributed by atoms with Gasteiger partial charge >= 0.3 is 12.0 Å². The highest BCUT2D eigenvalue weighted by atomic mass is 16.5. The van der Waals surface area contributed by atoms with Gasteiger partial charge in [-0.05, 0) is 66.9 Å². The molecule has 2 N–H and O–H groups in total. The number of anilines is 1. The molecule has 0 unspecified atom stereocenters. The molecule has 0 saturated carbocycles. The fourth-order valence-corrected chi connectivity index (χ4v) is 3.63. The molecule has 1 aromatic heterocycles. The van der Waals surface area contributed by atoms with Crippen LogP contribution in [0.4, 0.5) is 10.5 Å². The average molecular weight is 490 g/mol. The number of carbonyl (C=O) groups excluding carboxylic acids is 3. The van der Waals surface area contributed by atoms with E-state index in [4.69, 9.17) is 19.0 Å². The van der Waals surface area contributed by atoms with Gasteiger partial charge < -0.3 is 19.0 Å². The Morgan fingerprint density at radius 2 is 1.86 bits per heavy atom. The number of imide groups is 2. The zero-order chi connectivity index (χ0) is 26.0. The molecule has 0 bridgehead atoms. The zero-order valence-electron chi connectivity index (χ0n) is 19.7. The number of carboxylic acid groups (broad SMARTS) is 1. The van der Waals surface area contributed by atoms with E-state index in [2.05, 4.69) is 5.32 Å². The molecule has 0 atom stereocenters. The van der Waals surface area contributed by atoms with Crippen LogP contribution in [-0.4, -0.2) is 36.0 Å². The molecule has 0 spiro atoms. The number of barbiturate groups is 1. The number of rotatable bonds is 7. The Kier molecular flexibility index (Phi) is 6.60. The molecule has 1 aliphatic heterocycles. The number of hydrogen-bond acceptors (Lipinski definition) is 7. The smallest absolute Gasteiger partial charge is 0.371 e. The molecule has 2 aromatic carbocycles. The molecule has 3 aromatic rings. The van der Waals surface area contributed by atoms with Crippen molar-refractivity contribution in [1.82, 2.24) is 5.32 Å². The Bertz CT molecular complexity index is 1420. The van der Waals surface area contributed by atoms with Gasteiger partial charge in [-0.25, -0.2) is 14.5 Å². The lowest BCUT2D eigenvalue weighted by Crippen LogP contribution is -2.54. The van der Waals surface area contributed by atoms with Crippen molar-refractivity contribution in [3.63, 3.8) is 0 Å². The zero-order valence-corrected chi connectivity index (χ0v) is 19.7. The number of methoxy groups -OCH3 is 1. The maximum Gasteiger partial charge on any atom is 0.371 e. The van der Waals surface area contributed by atoms with Gasteiger partial charge in [0.2, 0.25) is 5.76 Å². The van der Waals surface area contributed by atoms with E-state index in [9.17, 15) is 19.2 Å². The van der Waals surface area contributed by atoms with Gasteiger partial charge in [-0.3, -0.25) is 14.9 Å². The molecule has 1 fully saturated rings. The molecule has 36 heavy (non-hydrogen) atoms. The minimum atomic E-state index is -1.18. The Morgan fingerprint density at radius 1 is 1.08 bits per heavy atom. The number of nitrogens with zero attached hydrogens (tertiary/aromatic N) is 1. The number of carboxylic acids is 1. The number of nitrogens with one attached hydrogen (secondary N) is 1. The maximum absolute atomic E-state index is 13.2. The van der Waals surface area contributed by atoms with Crippen molar-refractivity contribution in [3.8, 4) is 11.5 Å². The van der Waals surface area contributed by atoms with Crippen molar-refractivity contribution in [2.75, 3.05) is 12.0 Å². The van der Waals surface area contributed by atoms with E-state index in [1.54, 1.807) is 37.3 Å². The van der Waals surface area contributed by atoms with E-state index in [1.165, 1.54) is 25.3 Å². The quantitative estimate of drug-likeness (QED) is 0.377. The second kappa shape index (κ2) is 9.79. The Hall–Kier alpha value is -4.86. The fraction of sp³-hybridized carbons (Fsp3) is 0.154. The molecule has 0 aliphatic carbocycles. The second-order valence-corrected chi connectivity index (χ2v) is 7.95. The fourth-order valence-electron chi connectivity index (χ4n) is 3.63. The van der Waals surface area contributed by atoms with Crippen molar-refractivity contribution in [3.05, 3.63) is 82.3 Å². The van der Waals surface area contributed by atoms with E-state index in [-0.39, 0.29) is 17.9 Å². The number of hydrogen-bond donors (Lipinski definition) is 2. The standard InChI is InChI=1S/C26H22N2O8/c1-14-5-4-6-19(15(14)2)28-24(30)18(23(29)27-26(28)33)11-16-7-9-20(22(12-16)34-3)35-13-17-8-10-21(36-17)25(31)32/h4-12H,13H2,1-3H3,(H,31,32)(H,27,29,33). The predicted molar refractivity (Wildman–Crippen MR) is 128 cm³/mol. The lowest BCUT2D eigenvalue weighted by molar-refractivity contribution is -0.122. The number of aryl methyl sites for hydroxylation is 1. The average Bonchev–Trinajstić information content (AvgIpc) is 3.33. The summed E-state index contributed by atoms with van der Waals surface area (Å²) >= 11 is 0. The molecule has 184 valence electrons. The van der Waals surface area contributed by atoms with E-state index in [1.807, 2.05) is 13.0 Å². The first-order chi connectivity index (χ1) is 17.2. The van der Waals surface area contributed by atoms with Crippen molar-refractivity contribution >= 4 is 35.6 Å². The highest BCUT2D eigenvalue weighted by Gasteiger charge is 2.37. The number of benzene rings is 2. The molecule has 4 amide bonds. The third-order valence-corrected chi connectivity index (χ3v) is 5.66. The van der Waals surface area contributed by atoms with Crippen LogP contribution in [0.25, 0.3) is 6.08 Å². The number of ether oxygens (including phenoxy) is 2. The van der Waals surface area contributed by atoms with Crippen LogP contribution in [0.1, 0.15) is 33.0 Å². The summed E-state index contributed by atoms with van der Waals surface area (Å²) in [7, 11) is 1.42. The number of amides is 4. The molecule has 4 rings (SSSR count). The normalized spacial score (nSPS) is 14.7. The monoisotopic (exact) mass is 490 g/mol. The highest BCUT2D eigenvalue weighted by molar-refractivity contribution is 6.39. The van der Waals surface area contributed by atoms with Gasteiger partial charge in [-0.2, -0.15) is 0 Å². The molecule has 1 aliphatic rings. The van der Waals surface area contributed by atoms with Gasteiger partial charge in [0, 0.05) is 0 Å². The largest absolute Gasteiger partial charge is 0.493 e. The van der Waals surface area contributed by atoms with E-state index < -0.39 is 23.8 Å². The summed E-state index contributed by atoms with van der Waals surface area (Å²) in [6.07, 6.45) is 1.36. The van der Waals surface area contributed by atoms with Crippen LogP contribution in [-0.2, 0) is 16.2 Å². The van der Waals surface area contributed by atoms with E-state index in [0.717, 1.165) is 16.0 Å². The van der Waals surface area contributed by atoms with Crippen LogP contribution < -0.4 is 19.7 Å². The summed E-state index contributed by atoms with van der Waals surface area (Å²) in [4.78, 5) is 50.2. The SMILES string of the molecule is COc1cc(C=C2C(=O)NC(=O)N(c3cccc(C)c3C)C2=O)ccc1OCc1ccc(C(=O)O)o1. The Labute approximate surface area is 205 Å². The highest BCUT2D eigenvalue weighted by Crippen LogP contribution is 2.31. The van der Waals surface area contributed by atoms with Crippen molar-refractivity contribution in [2.24, 2.45) is 0 Å². The van der Waals surface area contributed by atoms with Crippen LogP contribution in [0.3, 0.4) is 0 Å². The summed E-state index contributed by atoms with van der Waals surface area (Å²) in [6.45, 7) is 3.61. The van der Waals surface area contributed by atoms with Gasteiger partial charge in [-0.15, -0.1) is 0 Å². The number of aromatic carboxylic acids is 1. The molecule has 10 heteroatoms. The maximum atomic E-state index is 13.2. The topological polar surface area (TPSA) is 135 Å². The van der Waals surface area contributed by atoms with Gasteiger partial charge in [-0.1, -0.05) is 18.2 Å². The van der Waals surface area contributed by atoms with E-state index >= 15 is 0 Å². The summed E-state index contributed by atoms with van der Waals surface area (Å²) in [5.41, 5.74) is 2.26. The van der Waals surface area contributed by atoms with Gasteiger partial charge in [0.15, 0.2) is 11.5 Å². The predicted octanol–water partition coefficient (Wildman–Crippen LogP) is 3.85. The summed E-state index contributed by atoms with van der Waals surface area (Å²) in [6, 6.07) is 12.0. The van der Waals surface area contributed by atoms with Crippen LogP contribution in [0.5, 0.6) is 11.5 Å². The number of carbonyl (C=O) groups is 4. The summed E-state index contributed by atoms with van der Waals surface area (Å²) in [5.74, 6) is -2.00. The van der Waals surface area contributed by atoms with Crippen LogP contribution in [0, 0.1) is 13.8 Å². The first-order valence-corrected chi connectivity index (χ1v) is 10.8. The molecular formula is C26H22N2O8. The van der Waals surface area contributed by atoms with Gasteiger partial charge in [0.25, 0.3) is 11.8 Å².